The Labute approximate surface area is 90.8 Å². The van der Waals surface area contributed by atoms with Gasteiger partial charge in [0.15, 0.2) is 0 Å². The van der Waals surface area contributed by atoms with Crippen molar-refractivity contribution in [2.45, 2.75) is 31.6 Å². The van der Waals surface area contributed by atoms with E-state index in [9.17, 15) is 4.79 Å². The highest BCUT2D eigenvalue weighted by atomic mass is 16.1. The Bertz CT molecular complexity index is 378. The average Bonchev–Trinajstić information content (AvgIpc) is 2.63. The fourth-order valence-corrected chi connectivity index (χ4v) is 2.49. The summed E-state index contributed by atoms with van der Waals surface area (Å²) in [5.74, 6) is 0.367. The quantitative estimate of drug-likeness (QED) is 0.670. The van der Waals surface area contributed by atoms with Crippen LogP contribution in [0.1, 0.15) is 31.7 Å². The van der Waals surface area contributed by atoms with Crippen LogP contribution in [0.2, 0.25) is 0 Å². The van der Waals surface area contributed by atoms with Gasteiger partial charge < -0.3 is 0 Å². The third-order valence-corrected chi connectivity index (χ3v) is 3.21. The summed E-state index contributed by atoms with van der Waals surface area (Å²) >= 11 is 0. The van der Waals surface area contributed by atoms with E-state index in [-0.39, 0.29) is 5.41 Å². The first kappa shape index (κ1) is 10.2. The van der Waals surface area contributed by atoms with Gasteiger partial charge in [0.1, 0.15) is 5.78 Å². The van der Waals surface area contributed by atoms with Crippen molar-refractivity contribution >= 4 is 5.78 Å². The average molecular weight is 200 g/mol. The maximum Gasteiger partial charge on any atom is 0.147 e. The van der Waals surface area contributed by atoms with Gasteiger partial charge in [0.05, 0.1) is 5.41 Å². The third kappa shape index (κ3) is 1.63. The lowest BCUT2D eigenvalue weighted by Gasteiger charge is -2.23. The zero-order valence-electron chi connectivity index (χ0n) is 9.07. The van der Waals surface area contributed by atoms with E-state index in [0.717, 1.165) is 24.8 Å². The maximum absolute atomic E-state index is 12.0. The second-order valence-corrected chi connectivity index (χ2v) is 4.11. The minimum absolute atomic E-state index is 0.323. The van der Waals surface area contributed by atoms with Gasteiger partial charge in [0, 0.05) is 6.42 Å². The zero-order valence-corrected chi connectivity index (χ0v) is 9.07. The van der Waals surface area contributed by atoms with Gasteiger partial charge >= 0.3 is 0 Å². The molecule has 15 heavy (non-hydrogen) atoms. The minimum Gasteiger partial charge on any atom is -0.298 e. The molecule has 0 radical (unpaired) electrons. The number of hydrogen-bond donors (Lipinski definition) is 0. The van der Waals surface area contributed by atoms with Crippen molar-refractivity contribution in [3.8, 4) is 0 Å². The number of carbonyl (C=O) groups is 1. The Morgan fingerprint density at radius 3 is 2.53 bits per heavy atom. The summed E-state index contributed by atoms with van der Waals surface area (Å²) < 4.78 is 0. The molecule has 1 aliphatic carbocycles. The molecule has 0 unspecified atom stereocenters. The maximum atomic E-state index is 12.0. The molecule has 0 bridgehead atoms. The number of benzene rings is 1. The van der Waals surface area contributed by atoms with Crippen LogP contribution in [0.3, 0.4) is 0 Å². The SMILES string of the molecule is C/C=C/[C@]1(c2ccccc2)CCCC1=O. The van der Waals surface area contributed by atoms with Crippen molar-refractivity contribution in [2.75, 3.05) is 0 Å². The Morgan fingerprint density at radius 1 is 1.27 bits per heavy atom. The molecule has 0 heterocycles. The van der Waals surface area contributed by atoms with Crippen LogP contribution >= 0.6 is 0 Å². The van der Waals surface area contributed by atoms with E-state index in [4.69, 9.17) is 0 Å². The van der Waals surface area contributed by atoms with Crippen LogP contribution in [-0.4, -0.2) is 5.78 Å². The predicted molar refractivity (Wildman–Crippen MR) is 61.8 cm³/mol. The Kier molecular flexibility index (Phi) is 2.72. The molecule has 0 spiro atoms. The van der Waals surface area contributed by atoms with Gasteiger partial charge in [0.2, 0.25) is 0 Å². The number of allylic oxidation sites excluding steroid dienone is 2. The molecule has 1 aliphatic rings. The second kappa shape index (κ2) is 4.01. The molecule has 1 saturated carbocycles. The van der Waals surface area contributed by atoms with E-state index in [2.05, 4.69) is 18.2 Å². The molecule has 0 aromatic heterocycles. The van der Waals surface area contributed by atoms with E-state index in [0.29, 0.717) is 5.78 Å². The summed E-state index contributed by atoms with van der Waals surface area (Å²) in [7, 11) is 0. The molecular formula is C14H16O. The number of hydrogen-bond acceptors (Lipinski definition) is 1. The molecule has 0 aliphatic heterocycles. The summed E-state index contributed by atoms with van der Waals surface area (Å²) in [5, 5.41) is 0. The Hall–Kier alpha value is -1.37. The van der Waals surface area contributed by atoms with Crippen LogP contribution in [0.25, 0.3) is 0 Å². The van der Waals surface area contributed by atoms with Gasteiger partial charge in [-0.15, -0.1) is 0 Å². The van der Waals surface area contributed by atoms with E-state index in [1.807, 2.05) is 31.2 Å². The molecule has 0 saturated heterocycles. The first-order valence-corrected chi connectivity index (χ1v) is 5.52. The van der Waals surface area contributed by atoms with Crippen molar-refractivity contribution in [3.05, 3.63) is 48.0 Å². The molecule has 78 valence electrons. The number of ketones is 1. The lowest BCUT2D eigenvalue weighted by atomic mass is 9.78. The molecule has 0 amide bonds. The number of carbonyl (C=O) groups excluding carboxylic acids is 1. The smallest absolute Gasteiger partial charge is 0.147 e. The number of rotatable bonds is 2. The highest BCUT2D eigenvalue weighted by Gasteiger charge is 2.40. The highest BCUT2D eigenvalue weighted by molar-refractivity contribution is 5.94. The summed E-state index contributed by atoms with van der Waals surface area (Å²) in [6.07, 6.45) is 6.76. The van der Waals surface area contributed by atoms with Gasteiger partial charge in [-0.2, -0.15) is 0 Å². The molecule has 1 heteroatoms. The largest absolute Gasteiger partial charge is 0.298 e. The van der Waals surface area contributed by atoms with Gasteiger partial charge in [-0.1, -0.05) is 42.5 Å². The zero-order chi connectivity index (χ0) is 10.7. The van der Waals surface area contributed by atoms with Crippen molar-refractivity contribution in [1.29, 1.82) is 0 Å². The normalized spacial score (nSPS) is 26.3. The van der Waals surface area contributed by atoms with Crippen LogP contribution in [0, 0.1) is 0 Å². The first-order valence-electron chi connectivity index (χ1n) is 5.52. The molecular weight excluding hydrogens is 184 g/mol. The van der Waals surface area contributed by atoms with Gasteiger partial charge in [-0.25, -0.2) is 0 Å². The van der Waals surface area contributed by atoms with Crippen LogP contribution in [-0.2, 0) is 10.2 Å². The van der Waals surface area contributed by atoms with Crippen molar-refractivity contribution in [3.63, 3.8) is 0 Å². The monoisotopic (exact) mass is 200 g/mol. The minimum atomic E-state index is -0.323. The van der Waals surface area contributed by atoms with Crippen molar-refractivity contribution in [2.24, 2.45) is 0 Å². The standard InChI is InChI=1S/C14H16O/c1-2-10-14(11-6-9-13(14)15)12-7-4-3-5-8-12/h2-5,7-8,10H,6,9,11H2,1H3/b10-2+/t14-/m1/s1. The van der Waals surface area contributed by atoms with E-state index in [1.54, 1.807) is 0 Å². The van der Waals surface area contributed by atoms with Gasteiger partial charge in [-0.05, 0) is 25.3 Å². The molecule has 1 nitrogen and oxygen atoms in total. The molecule has 1 atom stereocenters. The van der Waals surface area contributed by atoms with Crippen LogP contribution in [0.5, 0.6) is 0 Å². The fourth-order valence-electron chi connectivity index (χ4n) is 2.49. The summed E-state index contributed by atoms with van der Waals surface area (Å²) in [6, 6.07) is 10.1. The van der Waals surface area contributed by atoms with Crippen LogP contribution in [0.15, 0.2) is 42.5 Å². The van der Waals surface area contributed by atoms with Gasteiger partial charge in [-0.3, -0.25) is 4.79 Å². The molecule has 1 aromatic rings. The number of Topliss-reactive ketones (excluding diaryl/α,β-unsaturated/α-hetero) is 1. The molecule has 2 rings (SSSR count). The lowest BCUT2D eigenvalue weighted by Crippen LogP contribution is -2.28. The second-order valence-electron chi connectivity index (χ2n) is 4.11. The molecule has 1 fully saturated rings. The van der Waals surface area contributed by atoms with Crippen LogP contribution < -0.4 is 0 Å². The van der Waals surface area contributed by atoms with E-state index < -0.39 is 0 Å². The van der Waals surface area contributed by atoms with E-state index in [1.165, 1.54) is 0 Å². The summed E-state index contributed by atoms with van der Waals surface area (Å²) in [4.78, 5) is 12.0. The van der Waals surface area contributed by atoms with Gasteiger partial charge in [0.25, 0.3) is 0 Å². The third-order valence-electron chi connectivity index (χ3n) is 3.21. The van der Waals surface area contributed by atoms with E-state index >= 15 is 0 Å². The van der Waals surface area contributed by atoms with Crippen molar-refractivity contribution in [1.82, 2.24) is 0 Å². The summed E-state index contributed by atoms with van der Waals surface area (Å²) in [6.45, 7) is 1.98. The Balaban J connectivity index is 2.48. The predicted octanol–water partition coefficient (Wildman–Crippen LogP) is 3.25. The fraction of sp³-hybridized carbons (Fsp3) is 0.357. The summed E-state index contributed by atoms with van der Waals surface area (Å²) in [5.41, 5.74) is 0.821. The molecule has 0 N–H and O–H groups in total. The van der Waals surface area contributed by atoms with Crippen LogP contribution in [0.4, 0.5) is 0 Å². The Morgan fingerprint density at radius 2 is 2.00 bits per heavy atom. The highest BCUT2D eigenvalue weighted by Crippen LogP contribution is 2.39. The lowest BCUT2D eigenvalue weighted by molar-refractivity contribution is -0.120. The molecule has 1 aromatic carbocycles. The topological polar surface area (TPSA) is 17.1 Å². The van der Waals surface area contributed by atoms with Crippen molar-refractivity contribution < 1.29 is 4.79 Å². The first-order chi connectivity index (χ1) is 7.29.